The molecule has 7 heteroatoms. The summed E-state index contributed by atoms with van der Waals surface area (Å²) in [6.45, 7) is 0. The number of hydrogen-bond donors (Lipinski definition) is 2. The van der Waals surface area contributed by atoms with Crippen molar-refractivity contribution in [3.63, 3.8) is 0 Å². The molecule has 130 valence electrons. The Hall–Kier alpha value is -2.08. The SMILES string of the molecule is O=C(O)CC1OC(c2cccc(Cl)c2)C(c2ccc(Cl)cc2)NC1=O. The molecule has 2 N–H and O–H groups in total. The maximum Gasteiger partial charge on any atom is 0.306 e. The van der Waals surface area contributed by atoms with E-state index in [1.165, 1.54) is 0 Å². The Morgan fingerprint density at radius 2 is 1.80 bits per heavy atom. The molecule has 1 aliphatic heterocycles. The maximum absolute atomic E-state index is 12.3. The van der Waals surface area contributed by atoms with Crippen LogP contribution in [0.15, 0.2) is 48.5 Å². The van der Waals surface area contributed by atoms with Crippen molar-refractivity contribution in [3.05, 3.63) is 69.7 Å². The molecule has 0 aliphatic carbocycles. The molecular weight excluding hydrogens is 365 g/mol. The van der Waals surface area contributed by atoms with Gasteiger partial charge in [-0.25, -0.2) is 0 Å². The second-order valence-corrected chi connectivity index (χ2v) is 6.61. The molecule has 1 saturated heterocycles. The number of nitrogens with one attached hydrogen (secondary N) is 1. The van der Waals surface area contributed by atoms with E-state index in [-0.39, 0.29) is 0 Å². The molecule has 5 nitrogen and oxygen atoms in total. The third-order valence-corrected chi connectivity index (χ3v) is 4.46. The van der Waals surface area contributed by atoms with Gasteiger partial charge in [0.15, 0.2) is 0 Å². The maximum atomic E-state index is 12.3. The average Bonchev–Trinajstić information content (AvgIpc) is 2.57. The molecule has 1 aliphatic rings. The van der Waals surface area contributed by atoms with Gasteiger partial charge in [-0.15, -0.1) is 0 Å². The van der Waals surface area contributed by atoms with Crippen LogP contribution in [0.2, 0.25) is 10.0 Å². The van der Waals surface area contributed by atoms with Gasteiger partial charge in [-0.3, -0.25) is 9.59 Å². The van der Waals surface area contributed by atoms with Crippen LogP contribution in [-0.2, 0) is 14.3 Å². The first-order valence-electron chi connectivity index (χ1n) is 7.62. The van der Waals surface area contributed by atoms with Crippen molar-refractivity contribution >= 4 is 35.1 Å². The zero-order chi connectivity index (χ0) is 18.0. The summed E-state index contributed by atoms with van der Waals surface area (Å²) in [7, 11) is 0. The number of carboxylic acid groups (broad SMARTS) is 1. The lowest BCUT2D eigenvalue weighted by Gasteiger charge is -2.37. The molecule has 2 aromatic rings. The third-order valence-electron chi connectivity index (χ3n) is 3.97. The van der Waals surface area contributed by atoms with Crippen molar-refractivity contribution in [1.82, 2.24) is 5.32 Å². The monoisotopic (exact) mass is 379 g/mol. The minimum Gasteiger partial charge on any atom is -0.481 e. The highest BCUT2D eigenvalue weighted by atomic mass is 35.5. The van der Waals surface area contributed by atoms with Crippen molar-refractivity contribution in [3.8, 4) is 0 Å². The van der Waals surface area contributed by atoms with E-state index in [0.717, 1.165) is 11.1 Å². The Balaban J connectivity index is 1.97. The molecule has 1 fully saturated rings. The zero-order valence-corrected chi connectivity index (χ0v) is 14.5. The number of halogens is 2. The van der Waals surface area contributed by atoms with E-state index in [1.54, 1.807) is 42.5 Å². The largest absolute Gasteiger partial charge is 0.481 e. The molecule has 1 heterocycles. The standard InChI is InChI=1S/C18H15Cl2NO4/c19-12-6-4-10(5-7-12)16-17(11-2-1-3-13(20)8-11)25-14(9-15(22)23)18(24)21-16/h1-8,14,16-17H,9H2,(H,21,24)(H,22,23). The van der Waals surface area contributed by atoms with E-state index < -0.39 is 36.5 Å². The Bertz CT molecular complexity index is 794. The van der Waals surface area contributed by atoms with Crippen LogP contribution < -0.4 is 5.32 Å². The summed E-state index contributed by atoms with van der Waals surface area (Å²) < 4.78 is 5.86. The van der Waals surface area contributed by atoms with Gasteiger partial charge in [-0.1, -0.05) is 47.5 Å². The fraction of sp³-hybridized carbons (Fsp3) is 0.222. The molecule has 25 heavy (non-hydrogen) atoms. The normalized spacial score (nSPS) is 23.1. The average molecular weight is 380 g/mol. The highest BCUT2D eigenvalue weighted by Gasteiger charge is 2.39. The summed E-state index contributed by atoms with van der Waals surface area (Å²) in [5.41, 5.74) is 1.55. The van der Waals surface area contributed by atoms with Crippen LogP contribution in [0.3, 0.4) is 0 Å². The number of ether oxygens (including phenoxy) is 1. The van der Waals surface area contributed by atoms with E-state index in [2.05, 4.69) is 5.32 Å². The molecule has 3 rings (SSSR count). The van der Waals surface area contributed by atoms with E-state index in [1.807, 2.05) is 6.07 Å². The third kappa shape index (κ3) is 4.12. The van der Waals surface area contributed by atoms with Crippen molar-refractivity contribution in [1.29, 1.82) is 0 Å². The molecule has 0 aromatic heterocycles. The van der Waals surface area contributed by atoms with Gasteiger partial charge in [0.05, 0.1) is 12.5 Å². The van der Waals surface area contributed by atoms with Gasteiger partial charge in [0.2, 0.25) is 5.91 Å². The van der Waals surface area contributed by atoms with Crippen LogP contribution >= 0.6 is 23.2 Å². The Morgan fingerprint density at radius 1 is 1.08 bits per heavy atom. The van der Waals surface area contributed by atoms with Crippen LogP contribution in [0.5, 0.6) is 0 Å². The predicted octanol–water partition coefficient (Wildman–Crippen LogP) is 3.77. The summed E-state index contributed by atoms with van der Waals surface area (Å²) in [5, 5.41) is 13.0. The predicted molar refractivity (Wildman–Crippen MR) is 93.7 cm³/mol. The summed E-state index contributed by atoms with van der Waals surface area (Å²) in [6, 6.07) is 13.6. The van der Waals surface area contributed by atoms with Crippen LogP contribution in [0.25, 0.3) is 0 Å². The molecule has 1 amide bonds. The molecular formula is C18H15Cl2NO4. The number of aliphatic carboxylic acids is 1. The Kier molecular flexibility index (Phi) is 5.27. The molecule has 2 aromatic carbocycles. The molecule has 0 bridgehead atoms. The smallest absolute Gasteiger partial charge is 0.306 e. The first-order valence-corrected chi connectivity index (χ1v) is 8.38. The molecule has 0 spiro atoms. The number of carbonyl (C=O) groups is 2. The fourth-order valence-corrected chi connectivity index (χ4v) is 3.15. The van der Waals surface area contributed by atoms with E-state index in [0.29, 0.717) is 10.0 Å². The second-order valence-electron chi connectivity index (χ2n) is 5.74. The highest BCUT2D eigenvalue weighted by Crippen LogP contribution is 2.38. The van der Waals surface area contributed by atoms with Crippen molar-refractivity contribution in [2.75, 3.05) is 0 Å². The number of morpholine rings is 1. The van der Waals surface area contributed by atoms with Gasteiger partial charge < -0.3 is 15.2 Å². The molecule has 0 saturated carbocycles. The molecule has 3 atom stereocenters. The van der Waals surface area contributed by atoms with E-state index >= 15 is 0 Å². The van der Waals surface area contributed by atoms with Gasteiger partial charge in [0.1, 0.15) is 12.2 Å². The van der Waals surface area contributed by atoms with Gasteiger partial charge in [-0.2, -0.15) is 0 Å². The number of rotatable bonds is 4. The quantitative estimate of drug-likeness (QED) is 0.847. The minimum absolute atomic E-state index is 0.407. The topological polar surface area (TPSA) is 75.6 Å². The van der Waals surface area contributed by atoms with Crippen molar-refractivity contribution in [2.24, 2.45) is 0 Å². The minimum atomic E-state index is -1.10. The summed E-state index contributed by atoms with van der Waals surface area (Å²) in [6.07, 6.45) is -2.04. The molecule has 0 radical (unpaired) electrons. The number of carboxylic acids is 1. The highest BCUT2D eigenvalue weighted by molar-refractivity contribution is 6.30. The van der Waals surface area contributed by atoms with Gasteiger partial charge in [0.25, 0.3) is 0 Å². The van der Waals surface area contributed by atoms with Crippen LogP contribution in [-0.4, -0.2) is 23.1 Å². The summed E-state index contributed by atoms with van der Waals surface area (Å²) >= 11 is 12.0. The van der Waals surface area contributed by atoms with Gasteiger partial charge in [0, 0.05) is 10.0 Å². The van der Waals surface area contributed by atoms with E-state index in [4.69, 9.17) is 33.0 Å². The summed E-state index contributed by atoms with van der Waals surface area (Å²) in [5.74, 6) is -1.56. The van der Waals surface area contributed by atoms with Crippen LogP contribution in [0.4, 0.5) is 0 Å². The molecule has 3 unspecified atom stereocenters. The number of benzene rings is 2. The second kappa shape index (κ2) is 7.44. The first kappa shape index (κ1) is 17.7. The van der Waals surface area contributed by atoms with Gasteiger partial charge in [-0.05, 0) is 35.4 Å². The first-order chi connectivity index (χ1) is 11.9. The number of amides is 1. The lowest BCUT2D eigenvalue weighted by atomic mass is 9.93. The van der Waals surface area contributed by atoms with Crippen molar-refractivity contribution < 1.29 is 19.4 Å². The lowest BCUT2D eigenvalue weighted by molar-refractivity contribution is -0.159. The Morgan fingerprint density at radius 3 is 2.44 bits per heavy atom. The number of carbonyl (C=O) groups excluding carboxylic acids is 1. The van der Waals surface area contributed by atoms with Gasteiger partial charge >= 0.3 is 5.97 Å². The fourth-order valence-electron chi connectivity index (χ4n) is 2.82. The summed E-state index contributed by atoms with van der Waals surface area (Å²) in [4.78, 5) is 23.3. The Labute approximate surface area is 154 Å². The lowest BCUT2D eigenvalue weighted by Crippen LogP contribution is -2.48. The zero-order valence-electron chi connectivity index (χ0n) is 13.0. The van der Waals surface area contributed by atoms with Crippen LogP contribution in [0.1, 0.15) is 29.7 Å². The van der Waals surface area contributed by atoms with Crippen LogP contribution in [0, 0.1) is 0 Å². The van der Waals surface area contributed by atoms with E-state index in [9.17, 15) is 9.59 Å². The van der Waals surface area contributed by atoms with Crippen molar-refractivity contribution in [2.45, 2.75) is 24.7 Å². The number of hydrogen-bond acceptors (Lipinski definition) is 3.